The van der Waals surface area contributed by atoms with Gasteiger partial charge in [-0.3, -0.25) is 4.79 Å². The van der Waals surface area contributed by atoms with Gasteiger partial charge in [-0.2, -0.15) is 13.2 Å². The molecule has 0 aromatic rings. The van der Waals surface area contributed by atoms with E-state index in [1.807, 2.05) is 0 Å². The van der Waals surface area contributed by atoms with E-state index in [1.165, 1.54) is 0 Å². The van der Waals surface area contributed by atoms with Crippen molar-refractivity contribution in [1.29, 1.82) is 0 Å². The number of carboxylic acid groups (broad SMARTS) is 1. The van der Waals surface area contributed by atoms with Crippen molar-refractivity contribution in [1.82, 2.24) is 10.6 Å². The summed E-state index contributed by atoms with van der Waals surface area (Å²) in [5, 5.41) is 13.4. The van der Waals surface area contributed by atoms with E-state index in [2.05, 4.69) is 10.6 Å². The fourth-order valence-corrected chi connectivity index (χ4v) is 1.35. The van der Waals surface area contributed by atoms with Crippen molar-refractivity contribution in [2.75, 3.05) is 13.1 Å². The predicted molar refractivity (Wildman–Crippen MR) is 62.7 cm³/mol. The van der Waals surface area contributed by atoms with Gasteiger partial charge in [0.1, 0.15) is 0 Å². The summed E-state index contributed by atoms with van der Waals surface area (Å²) < 4.78 is 35.4. The Morgan fingerprint density at radius 1 is 1.21 bits per heavy atom. The van der Waals surface area contributed by atoms with Crippen molar-refractivity contribution in [2.45, 2.75) is 38.8 Å². The normalized spacial score (nSPS) is 12.8. The monoisotopic (exact) mass is 284 g/mol. The van der Waals surface area contributed by atoms with Crippen LogP contribution in [0.1, 0.15) is 32.6 Å². The number of carboxylic acids is 1. The molecule has 0 spiro atoms. The van der Waals surface area contributed by atoms with E-state index >= 15 is 0 Å². The molecule has 0 rings (SSSR count). The van der Waals surface area contributed by atoms with E-state index in [0.29, 0.717) is 0 Å². The number of alkyl halides is 3. The number of nitrogens with one attached hydrogen (secondary N) is 2. The first-order chi connectivity index (χ1) is 8.70. The zero-order valence-corrected chi connectivity index (χ0v) is 10.7. The molecule has 0 aliphatic carbocycles. The maximum absolute atomic E-state index is 11.8. The number of halogens is 3. The Morgan fingerprint density at radius 3 is 2.37 bits per heavy atom. The van der Waals surface area contributed by atoms with Crippen LogP contribution in [0.3, 0.4) is 0 Å². The van der Waals surface area contributed by atoms with Crippen LogP contribution < -0.4 is 10.6 Å². The molecular formula is C11H19F3N2O3. The molecule has 112 valence electrons. The summed E-state index contributed by atoms with van der Waals surface area (Å²) in [5.41, 5.74) is 0. The second-order valence-electron chi connectivity index (χ2n) is 4.41. The molecule has 0 saturated heterocycles. The number of carbonyl (C=O) groups is 2. The summed E-state index contributed by atoms with van der Waals surface area (Å²) in [4.78, 5) is 21.6. The molecule has 0 heterocycles. The fraction of sp³-hybridized carbons (Fsp3) is 0.818. The number of amides is 2. The molecule has 3 N–H and O–H groups in total. The number of rotatable bonds is 8. The van der Waals surface area contributed by atoms with Crippen LogP contribution in [0.25, 0.3) is 0 Å². The van der Waals surface area contributed by atoms with E-state index in [4.69, 9.17) is 5.11 Å². The minimum absolute atomic E-state index is 0.0286. The van der Waals surface area contributed by atoms with Gasteiger partial charge in [-0.15, -0.1) is 0 Å². The SMILES string of the molecule is CC(CNC(=O)NCCCCC(F)(F)F)CC(=O)O. The Balaban J connectivity index is 3.52. The number of hydrogen-bond acceptors (Lipinski definition) is 2. The van der Waals surface area contributed by atoms with E-state index in [-0.39, 0.29) is 38.3 Å². The highest BCUT2D eigenvalue weighted by Gasteiger charge is 2.25. The fourth-order valence-electron chi connectivity index (χ4n) is 1.35. The van der Waals surface area contributed by atoms with Crippen LogP contribution >= 0.6 is 0 Å². The van der Waals surface area contributed by atoms with Crippen LogP contribution in [0.5, 0.6) is 0 Å². The van der Waals surface area contributed by atoms with Crippen LogP contribution in [0, 0.1) is 5.92 Å². The molecule has 8 heteroatoms. The summed E-state index contributed by atoms with van der Waals surface area (Å²) in [7, 11) is 0. The molecule has 0 aromatic carbocycles. The predicted octanol–water partition coefficient (Wildman–Crippen LogP) is 2.13. The molecule has 0 saturated carbocycles. The van der Waals surface area contributed by atoms with Crippen molar-refractivity contribution in [3.63, 3.8) is 0 Å². The Kier molecular flexibility index (Phi) is 7.94. The molecule has 19 heavy (non-hydrogen) atoms. The molecule has 1 unspecified atom stereocenters. The summed E-state index contributed by atoms with van der Waals surface area (Å²) in [6, 6.07) is -0.496. The first-order valence-corrected chi connectivity index (χ1v) is 6.01. The Hall–Kier alpha value is -1.47. The maximum atomic E-state index is 11.8. The van der Waals surface area contributed by atoms with E-state index < -0.39 is 24.6 Å². The zero-order chi connectivity index (χ0) is 14.9. The number of unbranched alkanes of at least 4 members (excludes halogenated alkanes) is 1. The van der Waals surface area contributed by atoms with Crippen LogP contribution in [0.4, 0.5) is 18.0 Å². The largest absolute Gasteiger partial charge is 0.481 e. The molecule has 0 radical (unpaired) electrons. The third-order valence-electron chi connectivity index (χ3n) is 2.31. The average Bonchev–Trinajstić information content (AvgIpc) is 2.23. The first kappa shape index (κ1) is 17.5. The molecular weight excluding hydrogens is 265 g/mol. The van der Waals surface area contributed by atoms with Crippen molar-refractivity contribution in [3.05, 3.63) is 0 Å². The van der Waals surface area contributed by atoms with Gasteiger partial charge in [0.2, 0.25) is 0 Å². The van der Waals surface area contributed by atoms with Gasteiger partial charge < -0.3 is 15.7 Å². The second kappa shape index (κ2) is 8.60. The van der Waals surface area contributed by atoms with Gasteiger partial charge in [0.15, 0.2) is 0 Å². The van der Waals surface area contributed by atoms with Crippen molar-refractivity contribution >= 4 is 12.0 Å². The van der Waals surface area contributed by atoms with Gasteiger partial charge in [0.05, 0.1) is 0 Å². The third kappa shape index (κ3) is 12.8. The van der Waals surface area contributed by atoms with Crippen LogP contribution in [0.2, 0.25) is 0 Å². The lowest BCUT2D eigenvalue weighted by Crippen LogP contribution is -2.38. The minimum atomic E-state index is -4.16. The summed E-state index contributed by atoms with van der Waals surface area (Å²) in [5.74, 6) is -1.14. The lowest BCUT2D eigenvalue weighted by atomic mass is 10.1. The minimum Gasteiger partial charge on any atom is -0.481 e. The Labute approximate surface area is 109 Å². The van der Waals surface area contributed by atoms with Crippen LogP contribution in [-0.4, -0.2) is 36.4 Å². The van der Waals surface area contributed by atoms with Gasteiger partial charge in [0.25, 0.3) is 0 Å². The molecule has 0 bridgehead atoms. The summed E-state index contributed by atoms with van der Waals surface area (Å²) in [6.07, 6.45) is -4.84. The summed E-state index contributed by atoms with van der Waals surface area (Å²) in [6.45, 7) is 2.05. The first-order valence-electron chi connectivity index (χ1n) is 6.01. The molecule has 5 nitrogen and oxygen atoms in total. The van der Waals surface area contributed by atoms with Gasteiger partial charge in [-0.25, -0.2) is 4.79 Å². The maximum Gasteiger partial charge on any atom is 0.389 e. The molecule has 0 aliphatic rings. The molecule has 0 fully saturated rings. The molecule has 0 aromatic heterocycles. The number of carbonyl (C=O) groups excluding carboxylic acids is 1. The highest BCUT2D eigenvalue weighted by atomic mass is 19.4. The topological polar surface area (TPSA) is 78.4 Å². The molecule has 2 amide bonds. The Morgan fingerprint density at radius 2 is 1.84 bits per heavy atom. The van der Waals surface area contributed by atoms with Crippen molar-refractivity contribution in [3.8, 4) is 0 Å². The van der Waals surface area contributed by atoms with Crippen molar-refractivity contribution in [2.24, 2.45) is 5.92 Å². The summed E-state index contributed by atoms with van der Waals surface area (Å²) >= 11 is 0. The van der Waals surface area contributed by atoms with E-state index in [9.17, 15) is 22.8 Å². The van der Waals surface area contributed by atoms with Gasteiger partial charge in [-0.05, 0) is 18.8 Å². The highest BCUT2D eigenvalue weighted by Crippen LogP contribution is 2.21. The van der Waals surface area contributed by atoms with Crippen LogP contribution in [-0.2, 0) is 4.79 Å². The van der Waals surface area contributed by atoms with Gasteiger partial charge in [-0.1, -0.05) is 6.92 Å². The number of hydrogen-bond donors (Lipinski definition) is 3. The molecule has 0 aliphatic heterocycles. The standard InChI is InChI=1S/C11H19F3N2O3/c1-8(6-9(17)18)7-16-10(19)15-5-3-2-4-11(12,13)14/h8H,2-7H2,1H3,(H,17,18)(H2,15,16,19). The van der Waals surface area contributed by atoms with E-state index in [0.717, 1.165) is 0 Å². The zero-order valence-electron chi connectivity index (χ0n) is 10.7. The van der Waals surface area contributed by atoms with Crippen molar-refractivity contribution < 1.29 is 27.9 Å². The average molecular weight is 284 g/mol. The van der Waals surface area contributed by atoms with Gasteiger partial charge in [0, 0.05) is 25.9 Å². The second-order valence-corrected chi connectivity index (χ2v) is 4.41. The third-order valence-corrected chi connectivity index (χ3v) is 2.31. The lowest BCUT2D eigenvalue weighted by molar-refractivity contribution is -0.138. The quantitative estimate of drug-likeness (QED) is 0.597. The number of aliphatic carboxylic acids is 1. The van der Waals surface area contributed by atoms with E-state index in [1.54, 1.807) is 6.92 Å². The lowest BCUT2D eigenvalue weighted by Gasteiger charge is -2.11. The number of urea groups is 1. The highest BCUT2D eigenvalue weighted by molar-refractivity contribution is 5.73. The molecule has 1 atom stereocenters. The Bertz CT molecular complexity index is 295. The van der Waals surface area contributed by atoms with Crippen LogP contribution in [0.15, 0.2) is 0 Å². The smallest absolute Gasteiger partial charge is 0.389 e. The van der Waals surface area contributed by atoms with Gasteiger partial charge >= 0.3 is 18.2 Å².